The number of carboxylic acids is 1. The molecule has 0 saturated carbocycles. The fourth-order valence-corrected chi connectivity index (χ4v) is 4.01. The van der Waals surface area contributed by atoms with Gasteiger partial charge in [0.05, 0.1) is 32.2 Å². The summed E-state index contributed by atoms with van der Waals surface area (Å²) in [6, 6.07) is -0.191. The number of piperazine rings is 1. The molecule has 3 aliphatic rings. The highest BCUT2D eigenvalue weighted by Crippen LogP contribution is 2.11. The van der Waals surface area contributed by atoms with Crippen LogP contribution in [0.5, 0.6) is 0 Å². The first-order chi connectivity index (χ1) is 23.5. The minimum Gasteiger partial charge on any atom is -0.481 e. The number of hydrogen-bond donors (Lipinski definition) is 6. The predicted octanol–water partition coefficient (Wildman–Crippen LogP) is -1.04. The van der Waals surface area contributed by atoms with Crippen molar-refractivity contribution in [3.05, 3.63) is 0 Å². The van der Waals surface area contributed by atoms with E-state index in [0.29, 0.717) is 19.5 Å². The van der Waals surface area contributed by atoms with Gasteiger partial charge in [-0.1, -0.05) is 41.5 Å². The molecule has 284 valence electrons. The van der Waals surface area contributed by atoms with E-state index in [1.165, 1.54) is 4.90 Å². The third-order valence-electron chi connectivity index (χ3n) is 6.14. The highest BCUT2D eigenvalue weighted by atomic mass is 16.5. The molecule has 3 rings (SSSR count). The molecule has 8 N–H and O–H groups in total. The number of nitrogens with zero attached hydrogens (tertiary/aromatic N) is 5. The molecule has 0 bridgehead atoms. The Labute approximate surface area is 294 Å². The number of carbonyl (C=O) groups is 7. The number of nitrogens with one attached hydrogen (secondary N) is 3. The summed E-state index contributed by atoms with van der Waals surface area (Å²) >= 11 is 0. The monoisotopic (exact) mass is 712 g/mol. The Morgan fingerprint density at radius 2 is 1.66 bits per heavy atom. The molecule has 2 atom stereocenters. The molecule has 0 aliphatic carbocycles. The van der Waals surface area contributed by atoms with Gasteiger partial charge < -0.3 is 42.2 Å². The minimum absolute atomic E-state index is 0.112. The van der Waals surface area contributed by atoms with Crippen LogP contribution in [-0.2, 0) is 33.5 Å². The molecule has 0 aromatic carbocycles. The van der Waals surface area contributed by atoms with E-state index >= 15 is 0 Å². The van der Waals surface area contributed by atoms with Crippen LogP contribution in [0.4, 0.5) is 4.79 Å². The number of aliphatic carboxylic acids is 1. The molecule has 6 amide bonds. The molecule has 3 fully saturated rings. The van der Waals surface area contributed by atoms with E-state index < -0.39 is 47.8 Å². The molecule has 0 aromatic rings. The van der Waals surface area contributed by atoms with Gasteiger partial charge in [-0.3, -0.25) is 38.8 Å². The van der Waals surface area contributed by atoms with Crippen LogP contribution in [0.3, 0.4) is 0 Å². The summed E-state index contributed by atoms with van der Waals surface area (Å²) in [6.07, 6.45) is 1.26. The number of carbonyl (C=O) groups excluding carboxylic acids is 6. The van der Waals surface area contributed by atoms with Crippen LogP contribution in [0.25, 0.3) is 0 Å². The number of urea groups is 1. The molecule has 3 aliphatic heterocycles. The molecule has 19 nitrogen and oxygen atoms in total. The standard InChI is InChI=1S/C19H25N7O7.C4H11N3.C4H10.C2H4O2.C2H6/c20-3-1-13(17(30)21-9-14(27)23-12-2-8-33-18(12)31)24-4-6-25(7-5-24)16(29)11-26-15(28)10-22-19(26)32;1-2-3-7-4(5)6;1-4(2)3;1-2(3)4;1-2/h12-13H,1-2,4-11H2,(H,21,30)(H,22,32)(H,23,27);2-3H2,1H3,(H4,5,6,7);4H,1-3H3;1H3,(H,3,4);1-2H3. The molecular formula is C31H56N10O9. The van der Waals surface area contributed by atoms with Crippen LogP contribution in [-0.4, -0.2) is 138 Å². The van der Waals surface area contributed by atoms with Crippen LogP contribution < -0.4 is 27.4 Å². The van der Waals surface area contributed by atoms with Crippen molar-refractivity contribution >= 4 is 47.6 Å². The van der Waals surface area contributed by atoms with Gasteiger partial charge in [-0.05, 0) is 12.3 Å². The summed E-state index contributed by atoms with van der Waals surface area (Å²) < 4.78 is 4.76. The molecule has 0 radical (unpaired) electrons. The molecule has 0 aromatic heterocycles. The van der Waals surface area contributed by atoms with E-state index in [1.807, 2.05) is 26.8 Å². The Kier molecular flexibility index (Phi) is 25.4. The third-order valence-corrected chi connectivity index (χ3v) is 6.14. The number of carboxylic acid groups (broad SMARTS) is 1. The number of nitriles is 1. The van der Waals surface area contributed by atoms with Gasteiger partial charge in [0.2, 0.25) is 17.7 Å². The number of ether oxygens (including phenoxy) is 1. The summed E-state index contributed by atoms with van der Waals surface area (Å²) in [5.74, 6) is -2.24. The Morgan fingerprint density at radius 3 is 2.06 bits per heavy atom. The number of esters is 1. The fraction of sp³-hybridized carbons (Fsp3) is 0.710. The Balaban J connectivity index is 0. The van der Waals surface area contributed by atoms with Gasteiger partial charge in [-0.15, -0.1) is 0 Å². The van der Waals surface area contributed by atoms with Gasteiger partial charge in [0.15, 0.2) is 5.96 Å². The number of hydrogen-bond acceptors (Lipinski definition) is 11. The topological polar surface area (TPSA) is 283 Å². The van der Waals surface area contributed by atoms with Gasteiger partial charge in [-0.2, -0.15) is 5.26 Å². The van der Waals surface area contributed by atoms with Crippen LogP contribution in [0, 0.1) is 17.2 Å². The van der Waals surface area contributed by atoms with Gasteiger partial charge in [0.1, 0.15) is 18.6 Å². The quantitative estimate of drug-likeness (QED) is 0.0684. The third kappa shape index (κ3) is 21.1. The van der Waals surface area contributed by atoms with Crippen molar-refractivity contribution in [2.75, 3.05) is 59.0 Å². The number of cyclic esters (lactones) is 1. The molecule has 50 heavy (non-hydrogen) atoms. The molecule has 3 saturated heterocycles. The van der Waals surface area contributed by atoms with Gasteiger partial charge in [0, 0.05) is 46.1 Å². The predicted molar refractivity (Wildman–Crippen MR) is 184 cm³/mol. The Morgan fingerprint density at radius 1 is 1.10 bits per heavy atom. The second-order valence-corrected chi connectivity index (χ2v) is 11.3. The summed E-state index contributed by atoms with van der Waals surface area (Å²) in [5, 5.41) is 23.9. The van der Waals surface area contributed by atoms with E-state index in [2.05, 4.69) is 41.7 Å². The Bertz CT molecular complexity index is 1160. The van der Waals surface area contributed by atoms with Crippen LogP contribution in [0.15, 0.2) is 4.99 Å². The lowest BCUT2D eigenvalue weighted by Gasteiger charge is -2.38. The zero-order valence-electron chi connectivity index (χ0n) is 30.3. The zero-order chi connectivity index (χ0) is 38.8. The highest BCUT2D eigenvalue weighted by Gasteiger charge is 2.35. The normalized spacial score (nSPS) is 16.9. The minimum atomic E-state index is -0.833. The lowest BCUT2D eigenvalue weighted by molar-refractivity contribution is -0.141. The first kappa shape index (κ1) is 47.1. The lowest BCUT2D eigenvalue weighted by Crippen LogP contribution is -2.57. The molecule has 0 spiro atoms. The van der Waals surface area contributed by atoms with Crippen LogP contribution >= 0.6 is 0 Å². The number of nitrogens with two attached hydrogens (primary N) is 2. The second kappa shape index (κ2) is 26.9. The summed E-state index contributed by atoms with van der Waals surface area (Å²) in [6.45, 7) is 14.8. The van der Waals surface area contributed by atoms with E-state index in [9.17, 15) is 28.8 Å². The average molecular weight is 713 g/mol. The summed E-state index contributed by atoms with van der Waals surface area (Å²) in [4.78, 5) is 88.5. The number of rotatable bonds is 10. The maximum absolute atomic E-state index is 12.6. The van der Waals surface area contributed by atoms with Crippen molar-refractivity contribution in [1.29, 1.82) is 5.26 Å². The molecule has 3 heterocycles. The van der Waals surface area contributed by atoms with Crippen molar-refractivity contribution in [2.45, 2.75) is 79.8 Å². The maximum atomic E-state index is 12.6. The fourth-order valence-electron chi connectivity index (χ4n) is 4.01. The van der Waals surface area contributed by atoms with E-state index in [-0.39, 0.29) is 57.6 Å². The first-order valence-corrected chi connectivity index (χ1v) is 16.5. The van der Waals surface area contributed by atoms with Crippen molar-refractivity contribution in [3.8, 4) is 6.07 Å². The number of amides is 6. The maximum Gasteiger partial charge on any atom is 0.328 e. The van der Waals surface area contributed by atoms with E-state index in [0.717, 1.165) is 30.7 Å². The van der Waals surface area contributed by atoms with Crippen LogP contribution in [0.1, 0.15) is 67.7 Å². The Hall–Kier alpha value is -4.99. The number of imide groups is 1. The first-order valence-electron chi connectivity index (χ1n) is 16.5. The van der Waals surface area contributed by atoms with E-state index in [1.54, 1.807) is 4.90 Å². The van der Waals surface area contributed by atoms with Crippen molar-refractivity contribution < 1.29 is 43.4 Å². The van der Waals surface area contributed by atoms with Gasteiger partial charge in [0.25, 0.3) is 11.9 Å². The molecule has 19 heteroatoms. The number of guanidine groups is 1. The lowest BCUT2D eigenvalue weighted by atomic mass is 10.1. The summed E-state index contributed by atoms with van der Waals surface area (Å²) in [7, 11) is 0. The van der Waals surface area contributed by atoms with Crippen molar-refractivity contribution in [3.63, 3.8) is 0 Å². The molecular weight excluding hydrogens is 656 g/mol. The zero-order valence-corrected chi connectivity index (χ0v) is 30.3. The second-order valence-electron chi connectivity index (χ2n) is 11.3. The molecule has 2 unspecified atom stereocenters. The smallest absolute Gasteiger partial charge is 0.328 e. The van der Waals surface area contributed by atoms with Crippen molar-refractivity contribution in [2.24, 2.45) is 22.4 Å². The largest absolute Gasteiger partial charge is 0.481 e. The van der Waals surface area contributed by atoms with Gasteiger partial charge >= 0.3 is 12.0 Å². The average Bonchev–Trinajstić information content (AvgIpc) is 3.61. The van der Waals surface area contributed by atoms with Crippen LogP contribution in [0.2, 0.25) is 0 Å². The SMILES string of the molecule is CC.CC(=O)O.CC(C)C.CCCN=C(N)N.N#CCC(C(=O)NCC(=O)NC1CCOC1=O)N1CCN(C(=O)CN2C(=O)CNC2=O)CC1. The number of aliphatic imine (C=N–C) groups is 1. The van der Waals surface area contributed by atoms with Crippen molar-refractivity contribution in [1.82, 2.24) is 30.7 Å². The highest BCUT2D eigenvalue weighted by molar-refractivity contribution is 6.04. The van der Waals surface area contributed by atoms with E-state index in [4.69, 9.17) is 31.4 Å². The summed E-state index contributed by atoms with van der Waals surface area (Å²) in [5.41, 5.74) is 10.0. The van der Waals surface area contributed by atoms with Gasteiger partial charge in [-0.25, -0.2) is 9.59 Å².